The van der Waals surface area contributed by atoms with Gasteiger partial charge in [-0.2, -0.15) is 0 Å². The number of carboxylic acids is 1. The van der Waals surface area contributed by atoms with E-state index >= 15 is 0 Å². The van der Waals surface area contributed by atoms with Crippen molar-refractivity contribution in [2.45, 2.75) is 115 Å². The van der Waals surface area contributed by atoms with Crippen molar-refractivity contribution in [2.24, 2.45) is 23.1 Å². The molecule has 1 aliphatic heterocycles. The van der Waals surface area contributed by atoms with Crippen molar-refractivity contribution in [3.63, 3.8) is 0 Å². The van der Waals surface area contributed by atoms with Gasteiger partial charge in [-0.15, -0.1) is 0 Å². The molecule has 1 fully saturated rings. The van der Waals surface area contributed by atoms with E-state index < -0.39 is 90.2 Å². The monoisotopic (exact) mass is 642 g/mol. The van der Waals surface area contributed by atoms with Gasteiger partial charge in [0.05, 0.1) is 18.6 Å². The third-order valence-electron chi connectivity index (χ3n) is 7.71. The van der Waals surface area contributed by atoms with Crippen molar-refractivity contribution in [3.05, 3.63) is 0 Å². The van der Waals surface area contributed by atoms with E-state index in [9.17, 15) is 43.8 Å². The Morgan fingerprint density at radius 2 is 1.51 bits per heavy atom. The molecule has 1 aliphatic rings. The smallest absolute Gasteiger partial charge is 0.305 e. The molecule has 1 saturated heterocycles. The molecule has 6 amide bonds. The number of nitrogens with one attached hydrogen (secondary N) is 4. The molecule has 0 aromatic carbocycles. The van der Waals surface area contributed by atoms with Gasteiger partial charge in [0.15, 0.2) is 0 Å². The Balaban J connectivity index is 3.21. The minimum atomic E-state index is -1.65. The number of amides is 6. The quantitative estimate of drug-likeness (QED) is 0.0632. The van der Waals surface area contributed by atoms with Crippen LogP contribution in [0.25, 0.3) is 0 Å². The van der Waals surface area contributed by atoms with Crippen LogP contribution in [-0.2, 0) is 33.6 Å². The second-order valence-corrected chi connectivity index (χ2v) is 11.5. The van der Waals surface area contributed by atoms with Crippen LogP contribution in [0.5, 0.6) is 0 Å². The molecule has 0 saturated carbocycles. The van der Waals surface area contributed by atoms with E-state index in [2.05, 4.69) is 21.3 Å². The van der Waals surface area contributed by atoms with Gasteiger partial charge in [-0.05, 0) is 58.4 Å². The zero-order chi connectivity index (χ0) is 34.4. The molecular formula is C28H50N8O9. The summed E-state index contributed by atoms with van der Waals surface area (Å²) in [4.78, 5) is 90.0. The number of nitrogens with zero attached hydrogens (tertiary/aromatic N) is 1. The maximum absolute atomic E-state index is 13.8. The fourth-order valence-electron chi connectivity index (χ4n) is 4.84. The van der Waals surface area contributed by atoms with Crippen LogP contribution in [0.4, 0.5) is 0 Å². The lowest BCUT2D eigenvalue weighted by Crippen LogP contribution is -2.60. The summed E-state index contributed by atoms with van der Waals surface area (Å²) in [7, 11) is 0. The van der Waals surface area contributed by atoms with Crippen LogP contribution in [0.2, 0.25) is 0 Å². The molecular weight excluding hydrogens is 592 g/mol. The number of aliphatic hydroxyl groups excluding tert-OH is 1. The van der Waals surface area contributed by atoms with Gasteiger partial charge in [-0.25, -0.2) is 0 Å². The molecule has 0 aliphatic carbocycles. The Kier molecular flexibility index (Phi) is 16.4. The molecule has 0 radical (unpaired) electrons. The first kappa shape index (κ1) is 39.2. The van der Waals surface area contributed by atoms with Crippen LogP contribution < -0.4 is 38.5 Å². The largest absolute Gasteiger partial charge is 0.481 e. The van der Waals surface area contributed by atoms with Gasteiger partial charge in [0.1, 0.15) is 30.2 Å². The number of aliphatic hydroxyl groups is 1. The highest BCUT2D eigenvalue weighted by molar-refractivity contribution is 5.97. The summed E-state index contributed by atoms with van der Waals surface area (Å²) >= 11 is 0. The Hall–Kier alpha value is -3.83. The van der Waals surface area contributed by atoms with Crippen LogP contribution in [0.3, 0.4) is 0 Å². The second-order valence-electron chi connectivity index (χ2n) is 11.5. The highest BCUT2D eigenvalue weighted by atomic mass is 16.4. The summed E-state index contributed by atoms with van der Waals surface area (Å²) in [5, 5.41) is 28.9. The number of carbonyl (C=O) groups excluding carboxylic acids is 6. The summed E-state index contributed by atoms with van der Waals surface area (Å²) in [6, 6.07) is -7.20. The average Bonchev–Trinajstić information content (AvgIpc) is 3.46. The minimum Gasteiger partial charge on any atom is -0.481 e. The van der Waals surface area contributed by atoms with Gasteiger partial charge in [0.2, 0.25) is 35.4 Å². The van der Waals surface area contributed by atoms with Gasteiger partial charge in [0, 0.05) is 6.54 Å². The Morgan fingerprint density at radius 1 is 0.889 bits per heavy atom. The van der Waals surface area contributed by atoms with Crippen molar-refractivity contribution in [3.8, 4) is 0 Å². The topological polar surface area (TPSA) is 289 Å². The molecule has 0 aromatic rings. The van der Waals surface area contributed by atoms with Crippen molar-refractivity contribution < 1.29 is 43.8 Å². The lowest BCUT2D eigenvalue weighted by atomic mass is 9.97. The maximum Gasteiger partial charge on any atom is 0.305 e. The van der Waals surface area contributed by atoms with Crippen LogP contribution in [0.15, 0.2) is 0 Å². The van der Waals surface area contributed by atoms with Gasteiger partial charge in [-0.1, -0.05) is 20.3 Å². The molecule has 17 nitrogen and oxygen atoms in total. The fourth-order valence-corrected chi connectivity index (χ4v) is 4.84. The minimum absolute atomic E-state index is 0.151. The average molecular weight is 643 g/mol. The van der Waals surface area contributed by atoms with Crippen molar-refractivity contribution in [1.82, 2.24) is 26.2 Å². The first-order valence-corrected chi connectivity index (χ1v) is 15.2. The number of carboxylic acid groups (broad SMARTS) is 1. The molecule has 45 heavy (non-hydrogen) atoms. The molecule has 8 atom stereocenters. The van der Waals surface area contributed by atoms with E-state index in [1.165, 1.54) is 18.7 Å². The van der Waals surface area contributed by atoms with E-state index in [-0.39, 0.29) is 25.3 Å². The normalized spacial score (nSPS) is 19.2. The molecule has 12 N–H and O–H groups in total. The van der Waals surface area contributed by atoms with Gasteiger partial charge >= 0.3 is 5.97 Å². The van der Waals surface area contributed by atoms with E-state index in [0.29, 0.717) is 32.2 Å². The number of unbranched alkanes of at least 4 members (excludes halogenated alkanes) is 1. The predicted molar refractivity (Wildman–Crippen MR) is 162 cm³/mol. The Bertz CT molecular complexity index is 1070. The maximum atomic E-state index is 13.8. The number of rotatable bonds is 19. The van der Waals surface area contributed by atoms with Crippen molar-refractivity contribution >= 4 is 41.4 Å². The molecule has 0 bridgehead atoms. The molecule has 0 spiro atoms. The van der Waals surface area contributed by atoms with Crippen LogP contribution in [0.1, 0.15) is 72.6 Å². The summed E-state index contributed by atoms with van der Waals surface area (Å²) in [5.74, 6) is -6.37. The molecule has 1 heterocycles. The van der Waals surface area contributed by atoms with Crippen molar-refractivity contribution in [2.75, 3.05) is 13.1 Å². The summed E-state index contributed by atoms with van der Waals surface area (Å²) in [6.07, 6.45) is 0.126. The summed E-state index contributed by atoms with van der Waals surface area (Å²) < 4.78 is 0. The van der Waals surface area contributed by atoms with E-state index in [1.807, 2.05) is 6.92 Å². The van der Waals surface area contributed by atoms with E-state index in [4.69, 9.17) is 17.2 Å². The molecule has 0 unspecified atom stereocenters. The highest BCUT2D eigenvalue weighted by Gasteiger charge is 2.40. The van der Waals surface area contributed by atoms with Crippen LogP contribution in [-0.4, -0.2) is 112 Å². The van der Waals surface area contributed by atoms with E-state index in [1.54, 1.807) is 6.92 Å². The highest BCUT2D eigenvalue weighted by Crippen LogP contribution is 2.21. The molecule has 1 rings (SSSR count). The number of carbonyl (C=O) groups is 7. The molecule has 256 valence electrons. The molecule has 17 heteroatoms. The number of hydrogen-bond donors (Lipinski definition) is 9. The van der Waals surface area contributed by atoms with Crippen LogP contribution >= 0.6 is 0 Å². The van der Waals surface area contributed by atoms with E-state index in [0.717, 1.165) is 0 Å². The second kappa shape index (κ2) is 18.9. The van der Waals surface area contributed by atoms with Gasteiger partial charge in [-0.3, -0.25) is 33.6 Å². The first-order chi connectivity index (χ1) is 21.0. The number of aliphatic carboxylic acids is 1. The zero-order valence-electron chi connectivity index (χ0n) is 26.4. The lowest BCUT2D eigenvalue weighted by molar-refractivity contribution is -0.144. The third kappa shape index (κ3) is 12.2. The number of nitrogens with two attached hydrogens (primary N) is 3. The fraction of sp³-hybridized carbons (Fsp3) is 0.750. The van der Waals surface area contributed by atoms with Crippen molar-refractivity contribution in [1.29, 1.82) is 0 Å². The standard InChI is InChI=1S/C28H50N8O9/c1-5-14(2)21(34-24(41)15(3)30)27(44)32-17(9-6-7-11-29)28(45)36-12-8-10-19(36)26(43)33-18(13-20(38)39)25(42)35-22(16(4)37)23(31)40/h14-19,21-22,37H,5-13,29-30H2,1-4H3,(H2,31,40)(H,32,44)(H,33,43)(H,34,41)(H,35,42)(H,38,39)/t14-,15-,16+,17-,18-,19-,21-,22-/m0/s1. The lowest BCUT2D eigenvalue weighted by Gasteiger charge is -2.31. The number of primary amides is 1. The SMILES string of the molecule is CC[C@H](C)[C@H](NC(=O)[C@H](C)N)C(=O)N[C@@H](CCCCN)C(=O)N1CCC[C@H]1C(=O)N[C@@H](CC(=O)O)C(=O)N[C@H](C(N)=O)[C@@H](C)O. The Morgan fingerprint density at radius 3 is 2.02 bits per heavy atom. The summed E-state index contributed by atoms with van der Waals surface area (Å²) in [5.41, 5.74) is 16.5. The van der Waals surface area contributed by atoms with Gasteiger partial charge < -0.3 is 53.6 Å². The number of likely N-dealkylation sites (tertiary alicyclic amines) is 1. The predicted octanol–water partition coefficient (Wildman–Crippen LogP) is -3.22. The zero-order valence-corrected chi connectivity index (χ0v) is 26.4. The van der Waals surface area contributed by atoms with Crippen LogP contribution in [0, 0.1) is 5.92 Å². The van der Waals surface area contributed by atoms with Gasteiger partial charge in [0.25, 0.3) is 0 Å². The summed E-state index contributed by atoms with van der Waals surface area (Å²) in [6.45, 7) is 6.79. The molecule has 0 aromatic heterocycles. The Labute approximate surface area is 262 Å². The number of hydrogen-bond acceptors (Lipinski definition) is 10. The third-order valence-corrected chi connectivity index (χ3v) is 7.71. The first-order valence-electron chi connectivity index (χ1n) is 15.2.